The molecule has 3 heteroatoms. The summed E-state index contributed by atoms with van der Waals surface area (Å²) in [5, 5.41) is 0. The van der Waals surface area contributed by atoms with E-state index in [9.17, 15) is 0 Å². The quantitative estimate of drug-likeness (QED) is 0.835. The molecule has 0 radical (unpaired) electrons. The average molecular weight is 250 g/mol. The second kappa shape index (κ2) is 5.89. The van der Waals surface area contributed by atoms with Gasteiger partial charge in [-0.15, -0.1) is 0 Å². The molecule has 1 aromatic heterocycles. The standard InChI is InChI=1S/C15H26N2O/c1-13-5-3-8-15(12-16,9-7-13)17(2)11-14-6-4-10-18-14/h4,6,10,13H,3,5,7-9,11-12,16H2,1-2H3. The van der Waals surface area contributed by atoms with Crippen LogP contribution in [-0.4, -0.2) is 24.0 Å². The van der Waals surface area contributed by atoms with Crippen LogP contribution in [-0.2, 0) is 6.54 Å². The van der Waals surface area contributed by atoms with Crippen LogP contribution in [0.25, 0.3) is 0 Å². The molecule has 1 aliphatic carbocycles. The zero-order valence-electron chi connectivity index (χ0n) is 11.7. The number of hydrogen-bond acceptors (Lipinski definition) is 3. The first-order chi connectivity index (χ1) is 8.66. The highest BCUT2D eigenvalue weighted by Crippen LogP contribution is 2.34. The highest BCUT2D eigenvalue weighted by Gasteiger charge is 2.35. The van der Waals surface area contributed by atoms with Crippen LogP contribution in [0, 0.1) is 5.92 Å². The van der Waals surface area contributed by atoms with E-state index in [1.54, 1.807) is 6.26 Å². The number of likely N-dealkylation sites (N-methyl/N-ethyl adjacent to an activating group) is 1. The summed E-state index contributed by atoms with van der Waals surface area (Å²) in [6, 6.07) is 3.99. The Kier molecular flexibility index (Phi) is 4.46. The fraction of sp³-hybridized carbons (Fsp3) is 0.733. The van der Waals surface area contributed by atoms with E-state index in [-0.39, 0.29) is 5.54 Å². The van der Waals surface area contributed by atoms with Crippen molar-refractivity contribution in [3.8, 4) is 0 Å². The molecule has 0 aromatic carbocycles. The molecule has 2 rings (SSSR count). The Morgan fingerprint density at radius 1 is 1.44 bits per heavy atom. The van der Waals surface area contributed by atoms with Crippen LogP contribution in [0.1, 0.15) is 44.8 Å². The minimum absolute atomic E-state index is 0.164. The van der Waals surface area contributed by atoms with Gasteiger partial charge in [-0.1, -0.05) is 19.8 Å². The molecule has 2 unspecified atom stereocenters. The van der Waals surface area contributed by atoms with E-state index in [1.165, 1.54) is 32.1 Å². The highest BCUT2D eigenvalue weighted by molar-refractivity contribution is 5.01. The van der Waals surface area contributed by atoms with Crippen LogP contribution >= 0.6 is 0 Å². The third kappa shape index (κ3) is 2.96. The van der Waals surface area contributed by atoms with Gasteiger partial charge in [0.2, 0.25) is 0 Å². The van der Waals surface area contributed by atoms with Gasteiger partial charge in [0.1, 0.15) is 5.76 Å². The third-order valence-corrected chi connectivity index (χ3v) is 4.60. The topological polar surface area (TPSA) is 42.4 Å². The molecule has 2 atom stereocenters. The molecule has 3 nitrogen and oxygen atoms in total. The fourth-order valence-electron chi connectivity index (χ4n) is 3.11. The summed E-state index contributed by atoms with van der Waals surface area (Å²) in [6.07, 6.45) is 8.09. The van der Waals surface area contributed by atoms with Crippen LogP contribution in [0.15, 0.2) is 22.8 Å². The van der Waals surface area contributed by atoms with E-state index in [0.29, 0.717) is 0 Å². The first-order valence-electron chi connectivity index (χ1n) is 7.10. The van der Waals surface area contributed by atoms with Crippen LogP contribution in [0.2, 0.25) is 0 Å². The van der Waals surface area contributed by atoms with Crippen LogP contribution in [0.4, 0.5) is 0 Å². The summed E-state index contributed by atoms with van der Waals surface area (Å²) < 4.78 is 5.45. The largest absolute Gasteiger partial charge is 0.468 e. The summed E-state index contributed by atoms with van der Waals surface area (Å²) in [5.74, 6) is 1.87. The van der Waals surface area contributed by atoms with Crippen LogP contribution in [0.5, 0.6) is 0 Å². The Bertz CT molecular complexity index is 349. The Balaban J connectivity index is 2.05. The van der Waals surface area contributed by atoms with E-state index in [1.807, 2.05) is 12.1 Å². The van der Waals surface area contributed by atoms with Gasteiger partial charge in [0, 0.05) is 12.1 Å². The molecule has 1 aromatic rings. The fourth-order valence-corrected chi connectivity index (χ4v) is 3.11. The Morgan fingerprint density at radius 2 is 2.28 bits per heavy atom. The molecule has 0 aliphatic heterocycles. The lowest BCUT2D eigenvalue weighted by molar-refractivity contribution is 0.0912. The maximum Gasteiger partial charge on any atom is 0.117 e. The molecule has 1 heterocycles. The summed E-state index contributed by atoms with van der Waals surface area (Å²) in [6.45, 7) is 3.97. The Hall–Kier alpha value is -0.800. The second-order valence-corrected chi connectivity index (χ2v) is 5.90. The molecule has 1 aliphatic rings. The zero-order chi connectivity index (χ0) is 13.0. The van der Waals surface area contributed by atoms with Crippen molar-refractivity contribution < 1.29 is 4.42 Å². The van der Waals surface area contributed by atoms with E-state index in [2.05, 4.69) is 18.9 Å². The number of nitrogens with zero attached hydrogens (tertiary/aromatic N) is 1. The van der Waals surface area contributed by atoms with E-state index >= 15 is 0 Å². The second-order valence-electron chi connectivity index (χ2n) is 5.90. The first kappa shape index (κ1) is 13.6. The van der Waals surface area contributed by atoms with Gasteiger partial charge in [-0.05, 0) is 44.4 Å². The molecule has 0 saturated heterocycles. The van der Waals surface area contributed by atoms with Crippen molar-refractivity contribution in [3.63, 3.8) is 0 Å². The first-order valence-corrected chi connectivity index (χ1v) is 7.10. The summed E-state index contributed by atoms with van der Waals surface area (Å²) in [5.41, 5.74) is 6.27. The predicted molar refractivity (Wildman–Crippen MR) is 74.2 cm³/mol. The number of rotatable bonds is 4. The molecular formula is C15H26N2O. The monoisotopic (exact) mass is 250 g/mol. The van der Waals surface area contributed by atoms with Gasteiger partial charge in [-0.3, -0.25) is 4.90 Å². The van der Waals surface area contributed by atoms with Gasteiger partial charge in [0.15, 0.2) is 0 Å². The number of nitrogens with two attached hydrogens (primary N) is 1. The molecule has 1 fully saturated rings. The maximum atomic E-state index is 6.11. The molecule has 1 saturated carbocycles. The number of hydrogen-bond donors (Lipinski definition) is 1. The van der Waals surface area contributed by atoms with Gasteiger partial charge in [-0.2, -0.15) is 0 Å². The maximum absolute atomic E-state index is 6.11. The van der Waals surface area contributed by atoms with E-state index in [4.69, 9.17) is 10.2 Å². The normalized spacial score (nSPS) is 29.4. The van der Waals surface area contributed by atoms with Gasteiger partial charge in [-0.25, -0.2) is 0 Å². The van der Waals surface area contributed by atoms with Gasteiger partial charge >= 0.3 is 0 Å². The van der Waals surface area contributed by atoms with Crippen molar-refractivity contribution in [1.29, 1.82) is 0 Å². The third-order valence-electron chi connectivity index (χ3n) is 4.60. The van der Waals surface area contributed by atoms with Crippen LogP contribution in [0.3, 0.4) is 0 Å². The summed E-state index contributed by atoms with van der Waals surface area (Å²) in [7, 11) is 2.19. The van der Waals surface area contributed by atoms with Crippen LogP contribution < -0.4 is 5.73 Å². The molecule has 0 amide bonds. The average Bonchev–Trinajstić information content (AvgIpc) is 2.78. The molecule has 18 heavy (non-hydrogen) atoms. The zero-order valence-corrected chi connectivity index (χ0v) is 11.7. The van der Waals surface area contributed by atoms with Crippen molar-refractivity contribution in [2.45, 2.75) is 51.1 Å². The van der Waals surface area contributed by atoms with Gasteiger partial charge in [0.25, 0.3) is 0 Å². The SMILES string of the molecule is CC1CCCC(CN)(N(C)Cc2ccco2)CC1. The minimum Gasteiger partial charge on any atom is -0.468 e. The Labute approximate surface area is 110 Å². The van der Waals surface area contributed by atoms with Gasteiger partial charge in [0.05, 0.1) is 12.8 Å². The van der Waals surface area contributed by atoms with Crippen molar-refractivity contribution in [2.75, 3.05) is 13.6 Å². The Morgan fingerprint density at radius 3 is 2.94 bits per heavy atom. The minimum atomic E-state index is 0.164. The lowest BCUT2D eigenvalue weighted by Crippen LogP contribution is -2.51. The molecule has 102 valence electrons. The summed E-state index contributed by atoms with van der Waals surface area (Å²) >= 11 is 0. The highest BCUT2D eigenvalue weighted by atomic mass is 16.3. The van der Waals surface area contributed by atoms with Crippen molar-refractivity contribution in [2.24, 2.45) is 11.7 Å². The molecular weight excluding hydrogens is 224 g/mol. The molecule has 0 bridgehead atoms. The summed E-state index contributed by atoms with van der Waals surface area (Å²) in [4.78, 5) is 2.41. The van der Waals surface area contributed by atoms with Crippen molar-refractivity contribution >= 4 is 0 Å². The molecule has 0 spiro atoms. The van der Waals surface area contributed by atoms with E-state index < -0.39 is 0 Å². The van der Waals surface area contributed by atoms with Gasteiger partial charge < -0.3 is 10.2 Å². The predicted octanol–water partition coefficient (Wildman–Crippen LogP) is 3.01. The smallest absolute Gasteiger partial charge is 0.117 e. The molecule has 2 N–H and O–H groups in total. The lowest BCUT2D eigenvalue weighted by atomic mass is 9.88. The van der Waals surface area contributed by atoms with E-state index in [0.717, 1.165) is 24.8 Å². The lowest BCUT2D eigenvalue weighted by Gasteiger charge is -2.40. The number of furan rings is 1. The van der Waals surface area contributed by atoms with Crippen molar-refractivity contribution in [3.05, 3.63) is 24.2 Å². The van der Waals surface area contributed by atoms with Crippen molar-refractivity contribution in [1.82, 2.24) is 4.90 Å².